The van der Waals surface area contributed by atoms with E-state index in [2.05, 4.69) is 40.1 Å². The highest BCUT2D eigenvalue weighted by Crippen LogP contribution is 2.25. The number of methoxy groups -OCH3 is 2. The van der Waals surface area contributed by atoms with Crippen molar-refractivity contribution in [2.45, 2.75) is 58.8 Å². The zero-order chi connectivity index (χ0) is 34.1. The smallest absolute Gasteiger partial charge is 0.357 e. The van der Waals surface area contributed by atoms with Crippen molar-refractivity contribution in [2.24, 2.45) is 4.99 Å². The largest absolute Gasteiger partial charge is 0.464 e. The molecule has 1 aliphatic heterocycles. The zero-order valence-corrected chi connectivity index (χ0v) is 28.3. The standard InChI is InChI=1S/C14H19N3O5S.C14H17N3O5S/c2*1-14(2,3)22-10(18)5-15-13-17-8(6-21-13)11-16-9(7-23-11)12(19)20-4/h7-8H,5-6H2,1-4H3,(H,15,17);6-7H,5H2,1-4H3,(H,15,17). The van der Waals surface area contributed by atoms with Gasteiger partial charge in [0.2, 0.25) is 0 Å². The summed E-state index contributed by atoms with van der Waals surface area (Å²) >= 11 is 2.56. The van der Waals surface area contributed by atoms with Crippen molar-refractivity contribution in [3.63, 3.8) is 0 Å². The van der Waals surface area contributed by atoms with Crippen LogP contribution in [-0.2, 0) is 33.3 Å². The van der Waals surface area contributed by atoms with Gasteiger partial charge in [-0.3, -0.25) is 9.59 Å². The molecule has 0 bridgehead atoms. The summed E-state index contributed by atoms with van der Waals surface area (Å²) in [5.41, 5.74) is -0.176. The van der Waals surface area contributed by atoms with Crippen molar-refractivity contribution in [3.8, 4) is 10.7 Å². The fraction of sp³-hybridized carbons (Fsp3) is 0.500. The minimum atomic E-state index is -0.550. The highest BCUT2D eigenvalue weighted by Gasteiger charge is 2.27. The van der Waals surface area contributed by atoms with Crippen molar-refractivity contribution in [1.29, 1.82) is 0 Å². The number of esters is 4. The summed E-state index contributed by atoms with van der Waals surface area (Å²) in [6.45, 7) is 10.9. The Morgan fingerprint density at radius 1 is 0.935 bits per heavy atom. The fourth-order valence-corrected chi connectivity index (χ4v) is 4.90. The molecule has 1 unspecified atom stereocenters. The Morgan fingerprint density at radius 2 is 1.54 bits per heavy atom. The van der Waals surface area contributed by atoms with E-state index in [-0.39, 0.29) is 42.6 Å². The number of amidine groups is 1. The Morgan fingerprint density at radius 3 is 2.17 bits per heavy atom. The summed E-state index contributed by atoms with van der Waals surface area (Å²) in [5, 5.41) is 10.1. The van der Waals surface area contributed by atoms with Gasteiger partial charge in [-0.25, -0.2) is 24.5 Å². The Bertz CT molecular complexity index is 1550. The molecular formula is C28H36N6O10S2. The highest BCUT2D eigenvalue weighted by atomic mass is 32.1. The van der Waals surface area contributed by atoms with Crippen molar-refractivity contribution in [1.82, 2.24) is 20.3 Å². The van der Waals surface area contributed by atoms with Crippen LogP contribution in [0.4, 0.5) is 6.01 Å². The van der Waals surface area contributed by atoms with Gasteiger partial charge in [-0.05, 0) is 41.5 Å². The number of carbonyl (C=O) groups excluding carboxylic acids is 4. The van der Waals surface area contributed by atoms with E-state index in [1.807, 2.05) is 0 Å². The third-order valence-corrected chi connectivity index (χ3v) is 6.92. The van der Waals surface area contributed by atoms with Gasteiger partial charge >= 0.3 is 23.9 Å². The topological polar surface area (TPSA) is 203 Å². The molecule has 0 amide bonds. The number of hydrogen-bond donors (Lipinski definition) is 2. The van der Waals surface area contributed by atoms with Crippen LogP contribution in [0.5, 0.6) is 0 Å². The Kier molecular flexibility index (Phi) is 12.2. The summed E-state index contributed by atoms with van der Waals surface area (Å²) in [6.07, 6.45) is 1.39. The fourth-order valence-electron chi connectivity index (χ4n) is 3.34. The van der Waals surface area contributed by atoms with Gasteiger partial charge in [-0.1, -0.05) is 0 Å². The molecule has 2 N–H and O–H groups in total. The highest BCUT2D eigenvalue weighted by molar-refractivity contribution is 7.13. The van der Waals surface area contributed by atoms with Gasteiger partial charge in [0.1, 0.15) is 58.9 Å². The molecule has 46 heavy (non-hydrogen) atoms. The van der Waals surface area contributed by atoms with Crippen LogP contribution in [-0.4, -0.2) is 90.0 Å². The van der Waals surface area contributed by atoms with Crippen LogP contribution < -0.4 is 10.6 Å². The number of oxazole rings is 1. The normalized spacial score (nSPS) is 15.1. The average Bonchev–Trinajstić information content (AvgIpc) is 3.78. The van der Waals surface area contributed by atoms with Gasteiger partial charge < -0.3 is 38.7 Å². The summed E-state index contributed by atoms with van der Waals surface area (Å²) < 4.78 is 30.1. The maximum atomic E-state index is 11.6. The minimum absolute atomic E-state index is 0.0670. The lowest BCUT2D eigenvalue weighted by Crippen LogP contribution is -2.28. The first-order chi connectivity index (χ1) is 21.6. The number of aliphatic imine (C=N–C) groups is 1. The maximum Gasteiger partial charge on any atom is 0.357 e. The molecule has 4 heterocycles. The number of nitrogens with one attached hydrogen (secondary N) is 2. The van der Waals surface area contributed by atoms with Crippen LogP contribution in [0.1, 0.15) is 73.6 Å². The van der Waals surface area contributed by atoms with E-state index >= 15 is 0 Å². The summed E-state index contributed by atoms with van der Waals surface area (Å²) in [7, 11) is 2.59. The van der Waals surface area contributed by atoms with Gasteiger partial charge in [0.05, 0.1) is 14.2 Å². The zero-order valence-electron chi connectivity index (χ0n) is 26.6. The molecule has 1 aliphatic rings. The lowest BCUT2D eigenvalue weighted by atomic mass is 10.2. The molecule has 18 heteroatoms. The third kappa shape index (κ3) is 11.4. The van der Waals surface area contributed by atoms with Crippen molar-refractivity contribution in [3.05, 3.63) is 33.4 Å². The molecule has 250 valence electrons. The maximum absolute atomic E-state index is 11.6. The lowest BCUT2D eigenvalue weighted by molar-refractivity contribution is -0.153. The quantitative estimate of drug-likeness (QED) is 0.245. The second-order valence-corrected chi connectivity index (χ2v) is 13.0. The number of rotatable bonds is 9. The van der Waals surface area contributed by atoms with Gasteiger partial charge in [0.25, 0.3) is 12.0 Å². The first kappa shape index (κ1) is 35.9. The van der Waals surface area contributed by atoms with Gasteiger partial charge in [0, 0.05) is 10.8 Å². The van der Waals surface area contributed by atoms with Crippen LogP contribution in [0.15, 0.2) is 26.4 Å². The second-order valence-electron chi connectivity index (χ2n) is 11.3. The molecular weight excluding hydrogens is 644 g/mol. The molecule has 0 radical (unpaired) electrons. The van der Waals surface area contributed by atoms with Gasteiger partial charge in [0.15, 0.2) is 11.4 Å². The van der Waals surface area contributed by atoms with Crippen LogP contribution in [0.3, 0.4) is 0 Å². The lowest BCUT2D eigenvalue weighted by Gasteiger charge is -2.19. The average molecular weight is 681 g/mol. The predicted octanol–water partition coefficient (Wildman–Crippen LogP) is 3.63. The molecule has 3 aromatic rings. The molecule has 1 atom stereocenters. The number of carbonyl (C=O) groups is 4. The van der Waals surface area contributed by atoms with Gasteiger partial charge in [-0.15, -0.1) is 22.7 Å². The Labute approximate surface area is 272 Å². The number of ether oxygens (including phenoxy) is 5. The molecule has 1 fully saturated rings. The molecule has 16 nitrogen and oxygen atoms in total. The van der Waals surface area contributed by atoms with Crippen molar-refractivity contribution in [2.75, 3.05) is 39.2 Å². The SMILES string of the molecule is COC(=O)c1csc(-c2coc(NCC(=O)OC(C)(C)C)n2)n1.COC(=O)c1csc(C2COC(=NCC(=O)OC(C)(C)C)N2)n1. The molecule has 0 aliphatic carbocycles. The van der Waals surface area contributed by atoms with Crippen LogP contribution in [0.2, 0.25) is 0 Å². The van der Waals surface area contributed by atoms with Gasteiger partial charge in [-0.2, -0.15) is 4.98 Å². The van der Waals surface area contributed by atoms with E-state index in [4.69, 9.17) is 18.6 Å². The van der Waals surface area contributed by atoms with Crippen LogP contribution in [0.25, 0.3) is 10.7 Å². The first-order valence-corrected chi connectivity index (χ1v) is 15.5. The molecule has 1 saturated heterocycles. The van der Waals surface area contributed by atoms with E-state index in [1.165, 1.54) is 43.2 Å². The Balaban J connectivity index is 0.000000250. The van der Waals surface area contributed by atoms with Crippen LogP contribution in [0, 0.1) is 0 Å². The van der Waals surface area contributed by atoms with E-state index in [1.54, 1.807) is 52.3 Å². The predicted molar refractivity (Wildman–Crippen MR) is 167 cm³/mol. The van der Waals surface area contributed by atoms with Crippen molar-refractivity contribution >= 4 is 58.6 Å². The summed E-state index contributed by atoms with van der Waals surface area (Å²) in [6, 6.07) is 0.215. The summed E-state index contributed by atoms with van der Waals surface area (Å²) in [5.74, 6) is -1.84. The van der Waals surface area contributed by atoms with E-state index in [0.717, 1.165) is 0 Å². The molecule has 0 aromatic carbocycles. The number of aromatic nitrogens is 3. The third-order valence-electron chi connectivity index (χ3n) is 5.10. The number of thiazole rings is 2. The van der Waals surface area contributed by atoms with Crippen molar-refractivity contribution < 1.29 is 47.3 Å². The molecule has 0 spiro atoms. The second kappa shape index (κ2) is 15.6. The molecule has 0 saturated carbocycles. The number of hydrogen-bond acceptors (Lipinski definition) is 17. The summed E-state index contributed by atoms with van der Waals surface area (Å²) in [4.78, 5) is 62.5. The first-order valence-electron chi connectivity index (χ1n) is 13.7. The molecule has 4 rings (SSSR count). The Hall–Kier alpha value is -4.58. The molecule has 3 aromatic heterocycles. The monoisotopic (exact) mass is 680 g/mol. The van der Waals surface area contributed by atoms with Crippen LogP contribution >= 0.6 is 22.7 Å². The minimum Gasteiger partial charge on any atom is -0.464 e. The number of nitrogens with zero attached hydrogens (tertiary/aromatic N) is 4. The van der Waals surface area contributed by atoms with E-state index < -0.39 is 35.1 Å². The number of anilines is 1. The van der Waals surface area contributed by atoms with E-state index in [0.29, 0.717) is 22.3 Å². The van der Waals surface area contributed by atoms with E-state index in [9.17, 15) is 19.2 Å².